The Kier molecular flexibility index (Phi) is 5.04. The number of hydrogen-bond acceptors (Lipinski definition) is 5. The molecule has 0 aliphatic carbocycles. The van der Waals surface area contributed by atoms with Crippen molar-refractivity contribution in [2.24, 2.45) is 0 Å². The summed E-state index contributed by atoms with van der Waals surface area (Å²) in [5, 5.41) is 14.1. The molecule has 1 heterocycles. The van der Waals surface area contributed by atoms with Gasteiger partial charge < -0.3 is 5.32 Å². The zero-order valence-electron chi connectivity index (χ0n) is 16.5. The molecule has 0 unspecified atom stereocenters. The SMILES string of the molecule is CCc1ccccc1NC(=O)c1ccc(N2C(=O)c3cccc([N+](=O)[O-])c3C2=O)cc1. The Morgan fingerprint density at radius 3 is 2.35 bits per heavy atom. The maximum Gasteiger partial charge on any atom is 0.283 e. The predicted octanol–water partition coefficient (Wildman–Crippen LogP) is 4.21. The largest absolute Gasteiger partial charge is 0.322 e. The minimum Gasteiger partial charge on any atom is -0.322 e. The van der Waals surface area contributed by atoms with Gasteiger partial charge in [-0.15, -0.1) is 0 Å². The van der Waals surface area contributed by atoms with Gasteiger partial charge in [-0.1, -0.05) is 31.2 Å². The maximum atomic E-state index is 12.8. The molecule has 0 saturated carbocycles. The predicted molar refractivity (Wildman–Crippen MR) is 114 cm³/mol. The van der Waals surface area contributed by atoms with Crippen LogP contribution in [0.5, 0.6) is 0 Å². The van der Waals surface area contributed by atoms with Crippen molar-refractivity contribution in [3.05, 3.63) is 99.1 Å². The number of amides is 3. The number of benzene rings is 3. The fourth-order valence-electron chi connectivity index (χ4n) is 3.56. The molecule has 8 heteroatoms. The number of carbonyl (C=O) groups excluding carboxylic acids is 3. The molecule has 0 radical (unpaired) electrons. The van der Waals surface area contributed by atoms with Gasteiger partial charge in [0.25, 0.3) is 23.4 Å². The normalized spacial score (nSPS) is 12.6. The van der Waals surface area contributed by atoms with E-state index in [1.807, 2.05) is 31.2 Å². The van der Waals surface area contributed by atoms with Crippen molar-refractivity contribution in [3.8, 4) is 0 Å². The summed E-state index contributed by atoms with van der Waals surface area (Å²) in [4.78, 5) is 49.6. The first-order valence-electron chi connectivity index (χ1n) is 9.58. The molecular formula is C23H17N3O5. The number of anilines is 2. The first kappa shape index (κ1) is 20.0. The summed E-state index contributed by atoms with van der Waals surface area (Å²) < 4.78 is 0. The Morgan fingerprint density at radius 1 is 0.968 bits per heavy atom. The fraction of sp³-hybridized carbons (Fsp3) is 0.0870. The number of fused-ring (bicyclic) bond motifs is 1. The maximum absolute atomic E-state index is 12.8. The molecule has 3 aromatic carbocycles. The first-order valence-corrected chi connectivity index (χ1v) is 9.58. The number of nitrogens with zero attached hydrogens (tertiary/aromatic N) is 2. The summed E-state index contributed by atoms with van der Waals surface area (Å²) in [6, 6.07) is 17.3. The third kappa shape index (κ3) is 3.44. The number of rotatable bonds is 5. The molecule has 0 atom stereocenters. The number of nitro benzene ring substituents is 1. The van der Waals surface area contributed by atoms with Crippen molar-refractivity contribution >= 4 is 34.8 Å². The smallest absolute Gasteiger partial charge is 0.283 e. The van der Waals surface area contributed by atoms with E-state index in [0.29, 0.717) is 11.3 Å². The zero-order valence-corrected chi connectivity index (χ0v) is 16.5. The van der Waals surface area contributed by atoms with Crippen molar-refractivity contribution in [1.29, 1.82) is 0 Å². The highest BCUT2D eigenvalue weighted by atomic mass is 16.6. The molecular weight excluding hydrogens is 398 g/mol. The first-order chi connectivity index (χ1) is 14.9. The molecule has 1 aliphatic heterocycles. The standard InChI is InChI=1S/C23H17N3O5/c1-2-14-6-3-4-8-18(14)24-21(27)15-10-12-16(13-11-15)25-22(28)17-7-5-9-19(26(30)31)20(17)23(25)29/h3-13H,2H2,1H3,(H,24,27). The van der Waals surface area contributed by atoms with Gasteiger partial charge in [-0.2, -0.15) is 0 Å². The summed E-state index contributed by atoms with van der Waals surface area (Å²) in [7, 11) is 0. The summed E-state index contributed by atoms with van der Waals surface area (Å²) in [5.74, 6) is -1.73. The second kappa shape index (κ2) is 7.83. The molecule has 154 valence electrons. The number of nitro groups is 1. The van der Waals surface area contributed by atoms with Gasteiger partial charge in [0.15, 0.2) is 0 Å². The van der Waals surface area contributed by atoms with Crippen LogP contribution in [0.15, 0.2) is 66.7 Å². The summed E-state index contributed by atoms with van der Waals surface area (Å²) in [6.45, 7) is 1.99. The Balaban J connectivity index is 1.59. The lowest BCUT2D eigenvalue weighted by atomic mass is 10.1. The quantitative estimate of drug-likeness (QED) is 0.381. The highest BCUT2D eigenvalue weighted by molar-refractivity contribution is 6.35. The van der Waals surface area contributed by atoms with E-state index in [0.717, 1.165) is 16.9 Å². The molecule has 1 N–H and O–H groups in total. The summed E-state index contributed by atoms with van der Waals surface area (Å²) in [6.07, 6.45) is 0.765. The van der Waals surface area contributed by atoms with Gasteiger partial charge in [0, 0.05) is 17.3 Å². The Bertz CT molecular complexity index is 1230. The minimum absolute atomic E-state index is 0.0165. The number of nitrogens with one attached hydrogen (secondary N) is 1. The lowest BCUT2D eigenvalue weighted by Crippen LogP contribution is -2.29. The number of imide groups is 1. The highest BCUT2D eigenvalue weighted by Crippen LogP contribution is 2.34. The molecule has 31 heavy (non-hydrogen) atoms. The van der Waals surface area contributed by atoms with Crippen molar-refractivity contribution in [2.75, 3.05) is 10.2 Å². The van der Waals surface area contributed by atoms with Gasteiger partial charge >= 0.3 is 0 Å². The molecule has 0 spiro atoms. The van der Waals surface area contributed by atoms with Crippen molar-refractivity contribution in [3.63, 3.8) is 0 Å². The second-order valence-electron chi connectivity index (χ2n) is 6.91. The van der Waals surface area contributed by atoms with Crippen LogP contribution in [0.4, 0.5) is 17.1 Å². The van der Waals surface area contributed by atoms with E-state index in [4.69, 9.17) is 0 Å². The number of carbonyl (C=O) groups is 3. The van der Waals surface area contributed by atoms with Gasteiger partial charge in [0.2, 0.25) is 0 Å². The number of aryl methyl sites for hydroxylation is 1. The van der Waals surface area contributed by atoms with Crippen LogP contribution >= 0.6 is 0 Å². The Morgan fingerprint density at radius 2 is 1.68 bits per heavy atom. The third-order valence-electron chi connectivity index (χ3n) is 5.12. The van der Waals surface area contributed by atoms with Crippen molar-refractivity contribution < 1.29 is 19.3 Å². The van der Waals surface area contributed by atoms with Gasteiger partial charge in [-0.05, 0) is 48.4 Å². The van der Waals surface area contributed by atoms with E-state index in [1.54, 1.807) is 0 Å². The molecule has 0 saturated heterocycles. The van der Waals surface area contributed by atoms with E-state index >= 15 is 0 Å². The van der Waals surface area contributed by atoms with E-state index < -0.39 is 22.4 Å². The number of hydrogen-bond donors (Lipinski definition) is 1. The van der Waals surface area contributed by atoms with Crippen LogP contribution in [-0.4, -0.2) is 22.6 Å². The van der Waals surface area contributed by atoms with Crippen LogP contribution in [0.1, 0.15) is 43.6 Å². The van der Waals surface area contributed by atoms with Gasteiger partial charge in [-0.25, -0.2) is 4.90 Å². The van der Waals surface area contributed by atoms with Crippen molar-refractivity contribution in [1.82, 2.24) is 0 Å². The van der Waals surface area contributed by atoms with Crippen LogP contribution in [-0.2, 0) is 6.42 Å². The summed E-state index contributed by atoms with van der Waals surface area (Å²) >= 11 is 0. The topological polar surface area (TPSA) is 110 Å². The molecule has 0 aromatic heterocycles. The summed E-state index contributed by atoms with van der Waals surface area (Å²) in [5.41, 5.74) is 1.63. The monoisotopic (exact) mass is 415 g/mol. The zero-order chi connectivity index (χ0) is 22.1. The molecule has 8 nitrogen and oxygen atoms in total. The lowest BCUT2D eigenvalue weighted by molar-refractivity contribution is -0.385. The van der Waals surface area contributed by atoms with E-state index in [1.165, 1.54) is 42.5 Å². The van der Waals surface area contributed by atoms with Gasteiger partial charge in [-0.3, -0.25) is 24.5 Å². The minimum atomic E-state index is -0.763. The van der Waals surface area contributed by atoms with Crippen LogP contribution in [0.2, 0.25) is 0 Å². The molecule has 0 bridgehead atoms. The Labute approximate surface area is 177 Å². The molecule has 3 aromatic rings. The van der Waals surface area contributed by atoms with E-state index in [2.05, 4.69) is 5.32 Å². The highest BCUT2D eigenvalue weighted by Gasteiger charge is 2.41. The Hall–Kier alpha value is -4.33. The van der Waals surface area contributed by atoms with E-state index in [-0.39, 0.29) is 22.7 Å². The van der Waals surface area contributed by atoms with Crippen LogP contribution in [0.3, 0.4) is 0 Å². The lowest BCUT2D eigenvalue weighted by Gasteiger charge is -2.14. The molecule has 3 amide bonds. The molecule has 0 fully saturated rings. The van der Waals surface area contributed by atoms with Gasteiger partial charge in [0.1, 0.15) is 5.56 Å². The average molecular weight is 415 g/mol. The second-order valence-corrected chi connectivity index (χ2v) is 6.91. The molecule has 4 rings (SSSR count). The van der Waals surface area contributed by atoms with Crippen LogP contribution in [0.25, 0.3) is 0 Å². The van der Waals surface area contributed by atoms with Crippen LogP contribution in [0, 0.1) is 10.1 Å². The molecule has 1 aliphatic rings. The van der Waals surface area contributed by atoms with E-state index in [9.17, 15) is 24.5 Å². The number of para-hydroxylation sites is 1. The van der Waals surface area contributed by atoms with Crippen molar-refractivity contribution in [2.45, 2.75) is 13.3 Å². The fourth-order valence-corrected chi connectivity index (χ4v) is 3.56. The van der Waals surface area contributed by atoms with Crippen LogP contribution < -0.4 is 10.2 Å². The average Bonchev–Trinajstić information content (AvgIpc) is 3.04. The van der Waals surface area contributed by atoms with Gasteiger partial charge in [0.05, 0.1) is 16.2 Å². The third-order valence-corrected chi connectivity index (χ3v) is 5.12.